The summed E-state index contributed by atoms with van der Waals surface area (Å²) in [5.41, 5.74) is 2.97. The zero-order chi connectivity index (χ0) is 35.8. The summed E-state index contributed by atoms with van der Waals surface area (Å²) >= 11 is 3.58. The minimum Gasteiger partial charge on any atom is -0.494 e. The molecule has 5 atom stereocenters. The highest BCUT2D eigenvalue weighted by Gasteiger charge is 2.66. The van der Waals surface area contributed by atoms with Gasteiger partial charge in [-0.2, -0.15) is 0 Å². The van der Waals surface area contributed by atoms with Crippen LogP contribution >= 0.6 is 15.9 Å². The first kappa shape index (κ1) is 36.7. The van der Waals surface area contributed by atoms with E-state index in [0.717, 1.165) is 39.1 Å². The molecule has 0 aromatic heterocycles. The van der Waals surface area contributed by atoms with Gasteiger partial charge in [-0.1, -0.05) is 35.0 Å². The van der Waals surface area contributed by atoms with Crippen LogP contribution in [0.4, 0.5) is 21.2 Å². The number of hydrogen-bond acceptors (Lipinski definition) is 7. The van der Waals surface area contributed by atoms with E-state index in [0.29, 0.717) is 37.2 Å². The fraction of sp³-hybridized carbons (Fsp3) is 0.474. The Bertz CT molecular complexity index is 1720. The van der Waals surface area contributed by atoms with Gasteiger partial charge in [0.05, 0.1) is 36.7 Å². The number of fused-ring (bicyclic) bond motifs is 3. The Morgan fingerprint density at radius 2 is 1.78 bits per heavy atom. The van der Waals surface area contributed by atoms with E-state index in [2.05, 4.69) is 21.2 Å². The molecule has 0 aliphatic carbocycles. The molecule has 50 heavy (non-hydrogen) atoms. The lowest BCUT2D eigenvalue weighted by atomic mass is 9.82. The third-order valence-electron chi connectivity index (χ3n) is 10.4. The van der Waals surface area contributed by atoms with Gasteiger partial charge in [0.1, 0.15) is 5.75 Å². The molecule has 2 amide bonds. The number of aliphatic hydroxyl groups is 2. The predicted molar refractivity (Wildman–Crippen MR) is 198 cm³/mol. The van der Waals surface area contributed by atoms with Crippen LogP contribution in [0, 0.1) is 5.92 Å². The van der Waals surface area contributed by atoms with E-state index in [1.165, 1.54) is 0 Å². The van der Waals surface area contributed by atoms with Gasteiger partial charge in [0.25, 0.3) is 5.91 Å². The van der Waals surface area contributed by atoms with Crippen molar-refractivity contribution in [2.75, 3.05) is 36.2 Å². The van der Waals surface area contributed by atoms with E-state index >= 15 is 4.11 Å². The minimum absolute atomic E-state index is 0.0618. The molecule has 268 valence electrons. The molecule has 3 aromatic rings. The number of halogens is 2. The van der Waals surface area contributed by atoms with Crippen LogP contribution in [0.25, 0.3) is 0 Å². The molecule has 1 unspecified atom stereocenters. The summed E-state index contributed by atoms with van der Waals surface area (Å²) in [6.07, 6.45) is 1.65. The number of anilines is 3. The standard InChI is InChI=1S/C38H47BrFN3O6Si/c1-5-48-29-13-15-32-26(20-29)21-31(41-17-6-7-18-44)36(46)43(32)28-11-8-25(9-12-28)23-42-33-14-10-27(39)22-30(33)38(37(42)47)24(2)35(50(3,4)40)34(49-38)16-19-45/h8-15,20,22,24,31,34-35,41,44-45H,5-7,16-19,21,23H2,1-4H3/t24-,31?,34+,35-,38+/m1/s1. The molecule has 0 radical (unpaired) electrons. The average Bonchev–Trinajstić information content (AvgIpc) is 3.50. The molecule has 1 fully saturated rings. The largest absolute Gasteiger partial charge is 0.494 e. The first-order valence-corrected chi connectivity index (χ1v) is 21.3. The zero-order valence-electron chi connectivity index (χ0n) is 29.1. The molecule has 1 saturated heterocycles. The molecule has 3 aliphatic rings. The summed E-state index contributed by atoms with van der Waals surface area (Å²) in [5, 5.41) is 22.4. The van der Waals surface area contributed by atoms with Crippen LogP contribution in [-0.4, -0.2) is 68.9 Å². The van der Waals surface area contributed by atoms with Crippen molar-refractivity contribution in [2.45, 2.75) is 82.5 Å². The lowest BCUT2D eigenvalue weighted by Crippen LogP contribution is -2.49. The zero-order valence-corrected chi connectivity index (χ0v) is 31.7. The van der Waals surface area contributed by atoms with Crippen molar-refractivity contribution in [2.24, 2.45) is 5.92 Å². The van der Waals surface area contributed by atoms with Crippen LogP contribution in [0.3, 0.4) is 0 Å². The fourth-order valence-corrected chi connectivity index (χ4v) is 11.1. The Morgan fingerprint density at radius 1 is 1.04 bits per heavy atom. The summed E-state index contributed by atoms with van der Waals surface area (Å²) in [7, 11) is -3.29. The normalized spacial score (nSPS) is 24.6. The average molecular weight is 769 g/mol. The Labute approximate surface area is 303 Å². The predicted octanol–water partition coefficient (Wildman–Crippen LogP) is 6.50. The number of ether oxygens (including phenoxy) is 2. The van der Waals surface area contributed by atoms with Gasteiger partial charge in [0.2, 0.25) is 14.3 Å². The second-order valence-corrected chi connectivity index (χ2v) is 18.8. The summed E-state index contributed by atoms with van der Waals surface area (Å²) in [6.45, 7) is 8.53. The van der Waals surface area contributed by atoms with E-state index in [1.807, 2.05) is 74.5 Å². The summed E-state index contributed by atoms with van der Waals surface area (Å²) < 4.78 is 29.1. The number of carbonyl (C=O) groups excluding carboxylic acids is 2. The smallest absolute Gasteiger partial charge is 0.264 e. The number of nitrogens with one attached hydrogen (secondary N) is 1. The second-order valence-electron chi connectivity index (χ2n) is 14.0. The molecule has 6 rings (SSSR count). The third kappa shape index (κ3) is 6.66. The topological polar surface area (TPSA) is 112 Å². The van der Waals surface area contributed by atoms with Gasteiger partial charge in [-0.3, -0.25) is 14.5 Å². The minimum atomic E-state index is -3.29. The first-order chi connectivity index (χ1) is 23.9. The fourth-order valence-electron chi connectivity index (χ4n) is 8.23. The lowest BCUT2D eigenvalue weighted by Gasteiger charge is -2.35. The monoisotopic (exact) mass is 767 g/mol. The van der Waals surface area contributed by atoms with E-state index in [4.69, 9.17) is 9.47 Å². The van der Waals surface area contributed by atoms with E-state index < -0.39 is 37.6 Å². The number of nitrogens with zero attached hydrogens (tertiary/aromatic N) is 2. The Kier molecular flexibility index (Phi) is 10.9. The highest BCUT2D eigenvalue weighted by Crippen LogP contribution is 2.60. The highest BCUT2D eigenvalue weighted by molar-refractivity contribution is 9.10. The SMILES string of the molecule is CCOc1ccc2c(c1)CC(NCCCCO)C(=O)N2c1ccc(CN2C(=O)[C@@]3(O[C@@H](CCO)[C@H]([Si](C)(C)F)[C@H]3C)c3cc(Br)ccc32)cc1. The molecule has 3 heterocycles. The number of benzene rings is 3. The van der Waals surface area contributed by atoms with Gasteiger partial charge < -0.3 is 34.0 Å². The molecular weight excluding hydrogens is 721 g/mol. The van der Waals surface area contributed by atoms with Gasteiger partial charge in [-0.05, 0) is 112 Å². The van der Waals surface area contributed by atoms with Crippen LogP contribution in [0.5, 0.6) is 5.75 Å². The van der Waals surface area contributed by atoms with Gasteiger partial charge in [-0.15, -0.1) is 0 Å². The third-order valence-corrected chi connectivity index (χ3v) is 13.3. The van der Waals surface area contributed by atoms with E-state index in [9.17, 15) is 19.8 Å². The van der Waals surface area contributed by atoms with Crippen LogP contribution in [0.1, 0.15) is 49.8 Å². The van der Waals surface area contributed by atoms with Crippen molar-refractivity contribution in [3.63, 3.8) is 0 Å². The van der Waals surface area contributed by atoms with Crippen molar-refractivity contribution in [3.8, 4) is 5.75 Å². The maximum absolute atomic E-state index is 15.9. The van der Waals surface area contributed by atoms with Crippen LogP contribution in [0.2, 0.25) is 18.6 Å². The van der Waals surface area contributed by atoms with Crippen LogP contribution in [0.15, 0.2) is 65.1 Å². The maximum atomic E-state index is 15.9. The lowest BCUT2D eigenvalue weighted by molar-refractivity contribution is -0.146. The molecule has 3 aromatic carbocycles. The molecule has 12 heteroatoms. The summed E-state index contributed by atoms with van der Waals surface area (Å²) in [6, 6.07) is 18.7. The van der Waals surface area contributed by atoms with E-state index in [-0.39, 0.29) is 38.0 Å². The van der Waals surface area contributed by atoms with Crippen molar-refractivity contribution in [3.05, 3.63) is 81.8 Å². The quantitative estimate of drug-likeness (QED) is 0.103. The molecular formula is C38H47BrFN3O6Si. The first-order valence-electron chi connectivity index (χ1n) is 17.6. The molecule has 0 bridgehead atoms. The number of rotatable bonds is 13. The van der Waals surface area contributed by atoms with Crippen molar-refractivity contribution < 1.29 is 33.4 Å². The number of amides is 2. The van der Waals surface area contributed by atoms with Gasteiger partial charge in [0.15, 0.2) is 5.60 Å². The van der Waals surface area contributed by atoms with Gasteiger partial charge in [-0.25, -0.2) is 0 Å². The second kappa shape index (κ2) is 14.8. The molecule has 0 saturated carbocycles. The summed E-state index contributed by atoms with van der Waals surface area (Å²) in [4.78, 5) is 32.0. The van der Waals surface area contributed by atoms with E-state index in [1.54, 1.807) is 22.9 Å². The molecule has 1 spiro atoms. The van der Waals surface area contributed by atoms with Crippen molar-refractivity contribution in [1.82, 2.24) is 5.32 Å². The maximum Gasteiger partial charge on any atom is 0.264 e. The number of hydrogen-bond donors (Lipinski definition) is 3. The number of aliphatic hydroxyl groups excluding tert-OH is 2. The van der Waals surface area contributed by atoms with Crippen molar-refractivity contribution >= 4 is 53.2 Å². The van der Waals surface area contributed by atoms with Crippen molar-refractivity contribution in [1.29, 1.82) is 0 Å². The number of carbonyl (C=O) groups is 2. The number of unbranched alkanes of at least 4 members (excludes halogenated alkanes) is 1. The molecule has 3 aliphatic heterocycles. The highest BCUT2D eigenvalue weighted by atomic mass is 79.9. The Morgan fingerprint density at radius 3 is 2.46 bits per heavy atom. The van der Waals surface area contributed by atoms with Crippen LogP contribution in [-0.2, 0) is 32.9 Å². The molecule has 3 N–H and O–H groups in total. The Balaban J connectivity index is 1.30. The van der Waals surface area contributed by atoms with Gasteiger partial charge in [0, 0.05) is 40.4 Å². The van der Waals surface area contributed by atoms with Crippen LogP contribution < -0.4 is 19.9 Å². The molecule has 9 nitrogen and oxygen atoms in total. The summed E-state index contributed by atoms with van der Waals surface area (Å²) in [5.74, 6) is 0.0269. The Hall–Kier alpha value is -3.13. The van der Waals surface area contributed by atoms with Gasteiger partial charge >= 0.3 is 0 Å².